The van der Waals surface area contributed by atoms with Crippen LogP contribution in [0.2, 0.25) is 5.02 Å². The number of fused-ring (bicyclic) bond motifs is 3. The van der Waals surface area contributed by atoms with Crippen molar-refractivity contribution in [1.82, 2.24) is 4.90 Å². The number of carbonyl (C=O) groups is 2. The number of nitrogens with zero attached hydrogens (tertiary/aromatic N) is 3. The first-order valence-corrected chi connectivity index (χ1v) is 12.0. The third-order valence-corrected chi connectivity index (χ3v) is 7.24. The monoisotopic (exact) mass is 468 g/mol. The Labute approximate surface area is 197 Å². The summed E-state index contributed by atoms with van der Waals surface area (Å²) < 4.78 is 0. The third-order valence-electron chi connectivity index (χ3n) is 5.68. The van der Waals surface area contributed by atoms with Gasteiger partial charge in [0.2, 0.25) is 5.91 Å². The Morgan fingerprint density at radius 1 is 1.19 bits per heavy atom. The van der Waals surface area contributed by atoms with Gasteiger partial charge < -0.3 is 5.32 Å². The van der Waals surface area contributed by atoms with Crippen molar-refractivity contribution >= 4 is 57.6 Å². The van der Waals surface area contributed by atoms with Crippen LogP contribution in [0.25, 0.3) is 0 Å². The molecule has 0 aromatic heterocycles. The molecule has 2 amide bonds. The Kier molecular flexibility index (Phi) is 6.67. The van der Waals surface area contributed by atoms with Crippen molar-refractivity contribution in [3.8, 4) is 0 Å². The van der Waals surface area contributed by atoms with Gasteiger partial charge in [0.1, 0.15) is 11.9 Å². The van der Waals surface area contributed by atoms with E-state index in [-0.39, 0.29) is 17.7 Å². The Morgan fingerprint density at radius 3 is 2.69 bits per heavy atom. The molecule has 8 heteroatoms. The maximum atomic E-state index is 13.3. The van der Waals surface area contributed by atoms with E-state index in [0.717, 1.165) is 17.7 Å². The van der Waals surface area contributed by atoms with Crippen LogP contribution in [0.4, 0.5) is 11.4 Å². The highest BCUT2D eigenvalue weighted by Crippen LogP contribution is 2.36. The van der Waals surface area contributed by atoms with Gasteiger partial charge in [0, 0.05) is 16.3 Å². The average Bonchev–Trinajstić information content (AvgIpc) is 3.14. The summed E-state index contributed by atoms with van der Waals surface area (Å²) in [6, 6.07) is 14.3. The lowest BCUT2D eigenvalue weighted by molar-refractivity contribution is -0.125. The fourth-order valence-corrected chi connectivity index (χ4v) is 4.89. The molecule has 0 spiro atoms. The number of aliphatic imine (C=N–C) groups is 2. The van der Waals surface area contributed by atoms with Gasteiger partial charge in [-0.15, -0.1) is 0 Å². The predicted octanol–water partition coefficient (Wildman–Crippen LogP) is 5.50. The van der Waals surface area contributed by atoms with Crippen molar-refractivity contribution in [2.24, 2.45) is 15.9 Å². The highest BCUT2D eigenvalue weighted by Gasteiger charge is 2.43. The molecule has 2 aliphatic rings. The summed E-state index contributed by atoms with van der Waals surface area (Å²) in [6.07, 6.45) is 1.42. The molecule has 166 valence electrons. The molecule has 0 saturated heterocycles. The molecule has 3 unspecified atom stereocenters. The zero-order valence-electron chi connectivity index (χ0n) is 18.2. The summed E-state index contributed by atoms with van der Waals surface area (Å²) in [5, 5.41) is 3.53. The van der Waals surface area contributed by atoms with Crippen LogP contribution in [-0.2, 0) is 9.59 Å². The molecule has 2 aromatic rings. The predicted molar refractivity (Wildman–Crippen MR) is 132 cm³/mol. The number of nitrogens with one attached hydrogen (secondary N) is 1. The maximum absolute atomic E-state index is 13.3. The van der Waals surface area contributed by atoms with Crippen LogP contribution >= 0.6 is 23.4 Å². The molecule has 3 atom stereocenters. The normalized spacial score (nSPS) is 18.9. The largest absolute Gasteiger partial charge is 0.325 e. The number of amides is 2. The second-order valence-electron chi connectivity index (χ2n) is 7.88. The average molecular weight is 469 g/mol. The minimum absolute atomic E-state index is 0.0831. The molecule has 6 nitrogen and oxygen atoms in total. The van der Waals surface area contributed by atoms with Crippen LogP contribution in [0.5, 0.6) is 0 Å². The van der Waals surface area contributed by atoms with Crippen LogP contribution < -0.4 is 5.32 Å². The molecule has 2 aliphatic heterocycles. The molecule has 1 N–H and O–H groups in total. The summed E-state index contributed by atoms with van der Waals surface area (Å²) >= 11 is 7.33. The zero-order valence-corrected chi connectivity index (χ0v) is 19.8. The van der Waals surface area contributed by atoms with Crippen molar-refractivity contribution in [1.29, 1.82) is 0 Å². The Bertz CT molecular complexity index is 1120. The minimum Gasteiger partial charge on any atom is -0.325 e. The smallest absolute Gasteiger partial charge is 0.259 e. The Morgan fingerprint density at radius 2 is 1.97 bits per heavy atom. The number of thioether (sulfide) groups is 1. The number of hydrogen-bond donors (Lipinski definition) is 1. The lowest BCUT2D eigenvalue weighted by Crippen LogP contribution is -2.43. The molecule has 0 saturated carbocycles. The van der Waals surface area contributed by atoms with Gasteiger partial charge in [0.05, 0.1) is 10.9 Å². The zero-order chi connectivity index (χ0) is 22.8. The number of amidine groups is 2. The number of anilines is 1. The molecule has 2 aromatic carbocycles. The van der Waals surface area contributed by atoms with E-state index in [0.29, 0.717) is 28.1 Å². The van der Waals surface area contributed by atoms with Crippen LogP contribution in [0.1, 0.15) is 39.2 Å². The molecule has 0 fully saturated rings. The molecule has 2 heterocycles. The number of hydrogen-bond acceptors (Lipinski definition) is 5. The SMILES string of the molecule is CCC(SC1=Nc2ccccc2C2=NC(C(C)CC)C(=O)N12)C(=O)Nc1cccc(Cl)c1. The van der Waals surface area contributed by atoms with Crippen molar-refractivity contribution < 1.29 is 9.59 Å². The van der Waals surface area contributed by atoms with E-state index in [1.165, 1.54) is 11.8 Å². The van der Waals surface area contributed by atoms with Crippen molar-refractivity contribution in [2.75, 3.05) is 5.32 Å². The van der Waals surface area contributed by atoms with E-state index < -0.39 is 11.3 Å². The number of carbonyl (C=O) groups excluding carboxylic acids is 2. The first-order chi connectivity index (χ1) is 15.4. The molecule has 0 radical (unpaired) electrons. The second-order valence-corrected chi connectivity index (χ2v) is 9.49. The lowest BCUT2D eigenvalue weighted by Gasteiger charge is -2.27. The number of para-hydroxylation sites is 1. The minimum atomic E-state index is -0.438. The maximum Gasteiger partial charge on any atom is 0.259 e. The number of benzene rings is 2. The van der Waals surface area contributed by atoms with Gasteiger partial charge in [-0.05, 0) is 42.7 Å². The van der Waals surface area contributed by atoms with E-state index in [1.807, 2.05) is 38.1 Å². The van der Waals surface area contributed by atoms with Gasteiger partial charge >= 0.3 is 0 Å². The van der Waals surface area contributed by atoms with Gasteiger partial charge in [0.25, 0.3) is 5.91 Å². The molecular formula is C24H25ClN4O2S. The van der Waals surface area contributed by atoms with Crippen molar-refractivity contribution in [3.05, 3.63) is 59.1 Å². The van der Waals surface area contributed by atoms with E-state index in [2.05, 4.69) is 12.2 Å². The first-order valence-electron chi connectivity index (χ1n) is 10.8. The number of rotatable bonds is 6. The second kappa shape index (κ2) is 9.46. The summed E-state index contributed by atoms with van der Waals surface area (Å²) in [5.41, 5.74) is 2.23. The fraction of sp³-hybridized carbons (Fsp3) is 0.333. The van der Waals surface area contributed by atoms with Gasteiger partial charge in [-0.1, -0.05) is 68.8 Å². The van der Waals surface area contributed by atoms with Crippen molar-refractivity contribution in [2.45, 2.75) is 44.9 Å². The van der Waals surface area contributed by atoms with Crippen LogP contribution in [0, 0.1) is 5.92 Å². The third kappa shape index (κ3) is 4.32. The van der Waals surface area contributed by atoms with Gasteiger partial charge in [-0.2, -0.15) is 0 Å². The molecule has 4 rings (SSSR count). The summed E-state index contributed by atoms with van der Waals surface area (Å²) in [4.78, 5) is 37.5. The molecule has 0 aliphatic carbocycles. The van der Waals surface area contributed by atoms with Crippen LogP contribution in [-0.4, -0.2) is 39.0 Å². The van der Waals surface area contributed by atoms with Gasteiger partial charge in [0.15, 0.2) is 5.17 Å². The molecular weight excluding hydrogens is 444 g/mol. The topological polar surface area (TPSA) is 74.1 Å². The molecule has 32 heavy (non-hydrogen) atoms. The van der Waals surface area contributed by atoms with Crippen LogP contribution in [0.15, 0.2) is 58.5 Å². The van der Waals surface area contributed by atoms with E-state index in [4.69, 9.17) is 21.6 Å². The summed E-state index contributed by atoms with van der Waals surface area (Å²) in [7, 11) is 0. The number of halogens is 1. The highest BCUT2D eigenvalue weighted by molar-refractivity contribution is 8.15. The fourth-order valence-electron chi connectivity index (χ4n) is 3.68. The quantitative estimate of drug-likeness (QED) is 0.608. The lowest BCUT2D eigenvalue weighted by atomic mass is 10.00. The van der Waals surface area contributed by atoms with E-state index >= 15 is 0 Å². The Hall–Kier alpha value is -2.64. The summed E-state index contributed by atoms with van der Waals surface area (Å²) in [6.45, 7) is 6.03. The first kappa shape index (κ1) is 22.6. The van der Waals surface area contributed by atoms with Crippen LogP contribution in [0.3, 0.4) is 0 Å². The van der Waals surface area contributed by atoms with E-state index in [1.54, 1.807) is 29.2 Å². The van der Waals surface area contributed by atoms with Crippen molar-refractivity contribution in [3.63, 3.8) is 0 Å². The Balaban J connectivity index is 1.63. The molecule has 0 bridgehead atoms. The van der Waals surface area contributed by atoms with Gasteiger partial charge in [-0.25, -0.2) is 9.89 Å². The van der Waals surface area contributed by atoms with E-state index in [9.17, 15) is 9.59 Å². The van der Waals surface area contributed by atoms with Gasteiger partial charge in [-0.3, -0.25) is 14.6 Å². The highest BCUT2D eigenvalue weighted by atomic mass is 35.5. The summed E-state index contributed by atoms with van der Waals surface area (Å²) in [5.74, 6) is 0.496. The standard InChI is InChI=1S/C24H25ClN4O2S/c1-4-14(3)20-23(31)29-21(28-20)17-11-6-7-12-18(17)27-24(29)32-19(5-2)22(30)26-16-10-8-9-15(25)13-16/h6-14,19-20H,4-5H2,1-3H3,(H,26,30).